The van der Waals surface area contributed by atoms with E-state index in [4.69, 9.17) is 0 Å². The molecule has 0 spiro atoms. The maximum atomic E-state index is 12.8. The molecule has 1 fully saturated rings. The summed E-state index contributed by atoms with van der Waals surface area (Å²) in [7, 11) is 0. The van der Waals surface area contributed by atoms with Gasteiger partial charge in [0.05, 0.1) is 0 Å². The zero-order chi connectivity index (χ0) is 21.7. The fourth-order valence-corrected chi connectivity index (χ4v) is 3.97. The molecule has 162 valence electrons. The molecule has 0 bridgehead atoms. The monoisotopic (exact) mass is 410 g/mol. The van der Waals surface area contributed by atoms with Crippen molar-refractivity contribution in [2.75, 3.05) is 37.6 Å². The summed E-state index contributed by atoms with van der Waals surface area (Å²) in [6.45, 7) is 14.6. The van der Waals surface area contributed by atoms with Crippen LogP contribution in [0.3, 0.4) is 0 Å². The third kappa shape index (κ3) is 5.57. The minimum atomic E-state index is 0.151. The third-order valence-electron chi connectivity index (χ3n) is 5.89. The van der Waals surface area contributed by atoms with Crippen LogP contribution in [0.5, 0.6) is 0 Å². The summed E-state index contributed by atoms with van der Waals surface area (Å²) < 4.78 is 0. The number of nitrogens with two attached hydrogens (primary N) is 1. The number of carbonyl (C=O) groups is 1. The van der Waals surface area contributed by atoms with Gasteiger partial charge < -0.3 is 15.1 Å². The van der Waals surface area contributed by atoms with Gasteiger partial charge in [0.1, 0.15) is 6.04 Å². The quantitative estimate of drug-likeness (QED) is 0.794. The number of aromatic nitrogens is 2. The van der Waals surface area contributed by atoms with Gasteiger partial charge in [-0.25, -0.2) is 9.97 Å². The van der Waals surface area contributed by atoms with Crippen LogP contribution in [0.15, 0.2) is 42.7 Å². The van der Waals surface area contributed by atoms with Crippen LogP contribution in [0.1, 0.15) is 51.8 Å². The summed E-state index contributed by atoms with van der Waals surface area (Å²) in [5, 5.41) is 2.20. The van der Waals surface area contributed by atoms with Gasteiger partial charge in [-0.05, 0) is 17.0 Å². The highest BCUT2D eigenvalue weighted by molar-refractivity contribution is 5.77. The van der Waals surface area contributed by atoms with E-state index in [1.165, 1.54) is 11.1 Å². The Morgan fingerprint density at radius 2 is 1.63 bits per heavy atom. The Bertz CT molecular complexity index is 806. The molecule has 1 aliphatic heterocycles. The van der Waals surface area contributed by atoms with E-state index in [9.17, 15) is 4.79 Å². The molecule has 2 N–H and O–H groups in total. The van der Waals surface area contributed by atoms with E-state index >= 15 is 0 Å². The van der Waals surface area contributed by atoms with Crippen LogP contribution < -0.4 is 10.2 Å². The van der Waals surface area contributed by atoms with Crippen molar-refractivity contribution >= 4 is 11.9 Å². The zero-order valence-electron chi connectivity index (χ0n) is 19.0. The number of piperazine rings is 1. The van der Waals surface area contributed by atoms with E-state index in [-0.39, 0.29) is 17.4 Å². The molecule has 1 aromatic carbocycles. The van der Waals surface area contributed by atoms with Crippen LogP contribution >= 0.6 is 0 Å². The lowest BCUT2D eigenvalue weighted by Crippen LogP contribution is -2.88. The van der Waals surface area contributed by atoms with Gasteiger partial charge in [0, 0.05) is 50.1 Å². The number of anilines is 1. The van der Waals surface area contributed by atoms with Gasteiger partial charge in [-0.2, -0.15) is 0 Å². The molecule has 3 rings (SSSR count). The van der Waals surface area contributed by atoms with Gasteiger partial charge in [-0.1, -0.05) is 58.9 Å². The molecule has 0 saturated carbocycles. The van der Waals surface area contributed by atoms with Gasteiger partial charge in [0.15, 0.2) is 6.54 Å². The Morgan fingerprint density at radius 1 is 1.03 bits per heavy atom. The average Bonchev–Trinajstić information content (AvgIpc) is 2.74. The van der Waals surface area contributed by atoms with E-state index in [0.717, 1.165) is 32.1 Å². The number of hydrogen-bond acceptors (Lipinski definition) is 4. The Kier molecular flexibility index (Phi) is 7.08. The lowest BCUT2D eigenvalue weighted by Gasteiger charge is -2.34. The first-order valence-corrected chi connectivity index (χ1v) is 11.0. The molecule has 30 heavy (non-hydrogen) atoms. The number of carbonyl (C=O) groups excluding carboxylic acids is 1. The second-order valence-electron chi connectivity index (χ2n) is 9.50. The van der Waals surface area contributed by atoms with E-state index in [1.807, 2.05) is 11.0 Å². The Hall–Kier alpha value is -2.47. The van der Waals surface area contributed by atoms with Crippen molar-refractivity contribution in [3.63, 3.8) is 0 Å². The molecule has 1 aliphatic rings. The molecular formula is C24H36N5O+. The van der Waals surface area contributed by atoms with Crippen LogP contribution in [0.25, 0.3) is 0 Å². The molecule has 2 heterocycles. The number of rotatable bonds is 6. The van der Waals surface area contributed by atoms with Gasteiger partial charge in [0.2, 0.25) is 5.95 Å². The molecular weight excluding hydrogens is 374 g/mol. The van der Waals surface area contributed by atoms with Crippen molar-refractivity contribution in [3.8, 4) is 0 Å². The Morgan fingerprint density at radius 3 is 2.17 bits per heavy atom. The molecule has 6 nitrogen and oxygen atoms in total. The first kappa shape index (κ1) is 22.2. The van der Waals surface area contributed by atoms with Crippen LogP contribution in [0.2, 0.25) is 0 Å². The average molecular weight is 411 g/mol. The van der Waals surface area contributed by atoms with Crippen molar-refractivity contribution in [1.29, 1.82) is 0 Å². The standard InChI is InChI=1S/C24H35N5O/c1-18(2)22(19-7-9-20(10-8-19)24(3,4)5)27-17-21(30)28-13-15-29(16-14-28)23-25-11-6-12-26-23/h6-12,18,22,27H,13-17H2,1-5H3/p+1/t22-/m0/s1. The maximum absolute atomic E-state index is 12.8. The van der Waals surface area contributed by atoms with Crippen LogP contribution in [-0.4, -0.2) is 53.5 Å². The van der Waals surface area contributed by atoms with Gasteiger partial charge >= 0.3 is 0 Å². The molecule has 0 radical (unpaired) electrons. The SMILES string of the molecule is CC(C)[C@H]([NH2+]CC(=O)N1CCN(c2ncccn2)CC1)c1ccc(C(C)(C)C)cc1. The van der Waals surface area contributed by atoms with Crippen molar-refractivity contribution in [2.45, 2.75) is 46.1 Å². The highest BCUT2D eigenvalue weighted by Crippen LogP contribution is 2.25. The number of benzene rings is 1. The number of nitrogens with zero attached hydrogens (tertiary/aromatic N) is 4. The highest BCUT2D eigenvalue weighted by Gasteiger charge is 2.26. The van der Waals surface area contributed by atoms with E-state index in [0.29, 0.717) is 12.5 Å². The van der Waals surface area contributed by atoms with Crippen LogP contribution in [0.4, 0.5) is 5.95 Å². The summed E-state index contributed by atoms with van der Waals surface area (Å²) in [5.41, 5.74) is 2.78. The van der Waals surface area contributed by atoms with Gasteiger partial charge in [0.25, 0.3) is 5.91 Å². The minimum Gasteiger partial charge on any atom is -0.337 e. The second kappa shape index (κ2) is 9.56. The third-order valence-corrected chi connectivity index (χ3v) is 5.89. The van der Waals surface area contributed by atoms with E-state index in [2.05, 4.69) is 79.1 Å². The molecule has 1 saturated heterocycles. The smallest absolute Gasteiger partial charge is 0.277 e. The van der Waals surface area contributed by atoms with Gasteiger partial charge in [-0.3, -0.25) is 4.79 Å². The number of hydrogen-bond donors (Lipinski definition) is 1. The lowest BCUT2D eigenvalue weighted by molar-refractivity contribution is -0.692. The highest BCUT2D eigenvalue weighted by atomic mass is 16.2. The van der Waals surface area contributed by atoms with Crippen LogP contribution in [0, 0.1) is 5.92 Å². The molecule has 0 unspecified atom stereocenters. The largest absolute Gasteiger partial charge is 0.337 e. The summed E-state index contributed by atoms with van der Waals surface area (Å²) in [6, 6.07) is 11.0. The van der Waals surface area contributed by atoms with Crippen molar-refractivity contribution in [3.05, 3.63) is 53.9 Å². The van der Waals surface area contributed by atoms with Crippen molar-refractivity contribution < 1.29 is 10.1 Å². The predicted octanol–water partition coefficient (Wildman–Crippen LogP) is 2.38. The second-order valence-corrected chi connectivity index (χ2v) is 9.50. The molecule has 2 aromatic rings. The summed E-state index contributed by atoms with van der Waals surface area (Å²) >= 11 is 0. The Balaban J connectivity index is 1.54. The summed E-state index contributed by atoms with van der Waals surface area (Å²) in [6.07, 6.45) is 3.52. The number of amides is 1. The van der Waals surface area contributed by atoms with Gasteiger partial charge in [-0.15, -0.1) is 0 Å². The molecule has 6 heteroatoms. The van der Waals surface area contributed by atoms with Crippen molar-refractivity contribution in [1.82, 2.24) is 14.9 Å². The predicted molar refractivity (Wildman–Crippen MR) is 120 cm³/mol. The topological polar surface area (TPSA) is 65.9 Å². The fourth-order valence-electron chi connectivity index (χ4n) is 3.97. The Labute approximate surface area is 180 Å². The fraction of sp³-hybridized carbons (Fsp3) is 0.542. The van der Waals surface area contributed by atoms with E-state index in [1.54, 1.807) is 12.4 Å². The minimum absolute atomic E-state index is 0.151. The first-order chi connectivity index (χ1) is 14.3. The normalized spacial score (nSPS) is 16.1. The molecule has 1 atom stereocenters. The summed E-state index contributed by atoms with van der Waals surface area (Å²) in [5.74, 6) is 1.40. The zero-order valence-corrected chi connectivity index (χ0v) is 19.0. The summed E-state index contributed by atoms with van der Waals surface area (Å²) in [4.78, 5) is 25.6. The maximum Gasteiger partial charge on any atom is 0.277 e. The molecule has 1 amide bonds. The first-order valence-electron chi connectivity index (χ1n) is 11.0. The lowest BCUT2D eigenvalue weighted by atomic mass is 9.85. The number of quaternary nitrogens is 1. The molecule has 1 aromatic heterocycles. The van der Waals surface area contributed by atoms with Crippen LogP contribution in [-0.2, 0) is 10.2 Å². The van der Waals surface area contributed by atoms with E-state index < -0.39 is 0 Å². The molecule has 0 aliphatic carbocycles. The van der Waals surface area contributed by atoms with Crippen molar-refractivity contribution in [2.24, 2.45) is 5.92 Å².